The van der Waals surface area contributed by atoms with Crippen molar-refractivity contribution in [3.8, 4) is 0 Å². The Morgan fingerprint density at radius 3 is 2.62 bits per heavy atom. The van der Waals surface area contributed by atoms with Crippen molar-refractivity contribution < 1.29 is 23.8 Å². The number of carbonyl (C=O) groups is 2. The molecule has 3 N–H and O–H groups in total. The molecule has 2 fully saturated rings. The van der Waals surface area contributed by atoms with Crippen LogP contribution in [-0.2, 0) is 9.53 Å². The lowest BCUT2D eigenvalue weighted by atomic mass is 9.97. The van der Waals surface area contributed by atoms with Crippen LogP contribution in [-0.4, -0.2) is 84.9 Å². The average Bonchev–Trinajstić information content (AvgIpc) is 2.71. The molecule has 0 radical (unpaired) electrons. The number of piperazine rings is 1. The van der Waals surface area contributed by atoms with Crippen molar-refractivity contribution in [1.29, 1.82) is 0 Å². The van der Waals surface area contributed by atoms with Gasteiger partial charge >= 0.3 is 6.03 Å². The summed E-state index contributed by atoms with van der Waals surface area (Å²) in [6.45, 7) is 2.88. The van der Waals surface area contributed by atoms with Gasteiger partial charge in [0, 0.05) is 26.2 Å². The molecule has 3 atom stereocenters. The SMILES string of the molecule is CN1CCN(C(=O)C[C@H]2CC[C@@H](NC(=O)Nc3ccccc3F)[C@@H](CO)O2)CC1. The van der Waals surface area contributed by atoms with Gasteiger partial charge in [-0.25, -0.2) is 9.18 Å². The first-order valence-electron chi connectivity index (χ1n) is 10.0. The number of ether oxygens (including phenoxy) is 1. The molecular weight excluding hydrogens is 379 g/mol. The normalized spacial score (nSPS) is 25.5. The Hall–Kier alpha value is -2.23. The molecular formula is C20H29FN4O4. The second-order valence-electron chi connectivity index (χ2n) is 7.63. The van der Waals surface area contributed by atoms with E-state index in [0.29, 0.717) is 25.9 Å². The number of nitrogens with one attached hydrogen (secondary N) is 2. The molecule has 3 amide bonds. The van der Waals surface area contributed by atoms with Crippen LogP contribution >= 0.6 is 0 Å². The molecule has 0 aliphatic carbocycles. The first kappa shape index (κ1) is 21.5. The molecule has 0 unspecified atom stereocenters. The molecule has 160 valence electrons. The summed E-state index contributed by atoms with van der Waals surface area (Å²) in [5.74, 6) is -0.466. The maximum Gasteiger partial charge on any atom is 0.319 e. The number of halogens is 1. The van der Waals surface area contributed by atoms with Crippen molar-refractivity contribution >= 4 is 17.6 Å². The average molecular weight is 408 g/mol. The predicted octanol–water partition coefficient (Wildman–Crippen LogP) is 1.02. The van der Waals surface area contributed by atoms with Crippen molar-refractivity contribution in [3.63, 3.8) is 0 Å². The summed E-state index contributed by atoms with van der Waals surface area (Å²) in [5, 5.41) is 14.9. The van der Waals surface area contributed by atoms with Crippen molar-refractivity contribution in [2.24, 2.45) is 0 Å². The van der Waals surface area contributed by atoms with Crippen LogP contribution in [0.4, 0.5) is 14.9 Å². The fourth-order valence-electron chi connectivity index (χ4n) is 3.72. The number of anilines is 1. The van der Waals surface area contributed by atoms with Crippen LogP contribution in [0.5, 0.6) is 0 Å². The molecule has 2 aliphatic heterocycles. The van der Waals surface area contributed by atoms with Crippen LogP contribution < -0.4 is 10.6 Å². The van der Waals surface area contributed by atoms with E-state index in [1.165, 1.54) is 12.1 Å². The van der Waals surface area contributed by atoms with Gasteiger partial charge in [-0.2, -0.15) is 0 Å². The van der Waals surface area contributed by atoms with E-state index in [0.717, 1.165) is 13.1 Å². The molecule has 1 aromatic carbocycles. The highest BCUT2D eigenvalue weighted by Crippen LogP contribution is 2.23. The second kappa shape index (κ2) is 10.00. The van der Waals surface area contributed by atoms with E-state index in [2.05, 4.69) is 15.5 Å². The summed E-state index contributed by atoms with van der Waals surface area (Å²) < 4.78 is 19.6. The van der Waals surface area contributed by atoms with Gasteiger partial charge in [-0.05, 0) is 32.0 Å². The molecule has 0 saturated carbocycles. The summed E-state index contributed by atoms with van der Waals surface area (Å²) in [5.41, 5.74) is 0.0814. The number of para-hydroxylation sites is 1. The third-order valence-electron chi connectivity index (χ3n) is 5.49. The molecule has 0 spiro atoms. The van der Waals surface area contributed by atoms with Crippen LogP contribution in [0.1, 0.15) is 19.3 Å². The van der Waals surface area contributed by atoms with Crippen LogP contribution in [0.15, 0.2) is 24.3 Å². The minimum Gasteiger partial charge on any atom is -0.394 e. The minimum atomic E-state index is -0.611. The number of rotatable bonds is 5. The molecule has 2 aliphatic rings. The third-order valence-corrected chi connectivity index (χ3v) is 5.49. The van der Waals surface area contributed by atoms with E-state index < -0.39 is 24.0 Å². The van der Waals surface area contributed by atoms with Gasteiger partial charge in [0.2, 0.25) is 5.91 Å². The fourth-order valence-corrected chi connectivity index (χ4v) is 3.72. The second-order valence-corrected chi connectivity index (χ2v) is 7.63. The number of benzene rings is 1. The minimum absolute atomic E-state index is 0.0588. The van der Waals surface area contributed by atoms with Crippen molar-refractivity contribution in [2.75, 3.05) is 45.2 Å². The maximum atomic E-state index is 13.7. The van der Waals surface area contributed by atoms with Gasteiger partial charge in [-0.15, -0.1) is 0 Å². The summed E-state index contributed by atoms with van der Waals surface area (Å²) in [6, 6.07) is 4.92. The molecule has 1 aromatic rings. The molecule has 29 heavy (non-hydrogen) atoms. The topological polar surface area (TPSA) is 94.1 Å². The number of likely N-dealkylation sites (N-methyl/N-ethyl adjacent to an activating group) is 1. The quantitative estimate of drug-likeness (QED) is 0.676. The number of hydrogen-bond donors (Lipinski definition) is 3. The Morgan fingerprint density at radius 1 is 1.21 bits per heavy atom. The van der Waals surface area contributed by atoms with E-state index >= 15 is 0 Å². The van der Waals surface area contributed by atoms with Crippen LogP contribution in [0, 0.1) is 5.82 Å². The van der Waals surface area contributed by atoms with Gasteiger partial charge in [-0.1, -0.05) is 12.1 Å². The van der Waals surface area contributed by atoms with Gasteiger partial charge in [0.1, 0.15) is 11.9 Å². The lowest BCUT2D eigenvalue weighted by Gasteiger charge is -2.37. The van der Waals surface area contributed by atoms with Crippen molar-refractivity contribution in [3.05, 3.63) is 30.1 Å². The van der Waals surface area contributed by atoms with E-state index in [9.17, 15) is 19.1 Å². The van der Waals surface area contributed by atoms with Crippen LogP contribution in [0.2, 0.25) is 0 Å². The Balaban J connectivity index is 1.48. The van der Waals surface area contributed by atoms with Crippen LogP contribution in [0.3, 0.4) is 0 Å². The van der Waals surface area contributed by atoms with Gasteiger partial charge in [-0.3, -0.25) is 4.79 Å². The number of nitrogens with zero attached hydrogens (tertiary/aromatic N) is 2. The Labute approximate surface area is 170 Å². The van der Waals surface area contributed by atoms with E-state index in [1.807, 2.05) is 11.9 Å². The van der Waals surface area contributed by atoms with Crippen molar-refractivity contribution in [1.82, 2.24) is 15.1 Å². The predicted molar refractivity (Wildman–Crippen MR) is 106 cm³/mol. The molecule has 0 aromatic heterocycles. The first-order chi connectivity index (χ1) is 14.0. The van der Waals surface area contributed by atoms with Gasteiger partial charge < -0.3 is 30.3 Å². The zero-order valence-corrected chi connectivity index (χ0v) is 16.6. The lowest BCUT2D eigenvalue weighted by molar-refractivity contribution is -0.141. The number of hydrogen-bond acceptors (Lipinski definition) is 5. The zero-order valence-electron chi connectivity index (χ0n) is 16.6. The maximum absolute atomic E-state index is 13.7. The smallest absolute Gasteiger partial charge is 0.319 e. The molecule has 2 saturated heterocycles. The lowest BCUT2D eigenvalue weighted by Crippen LogP contribution is -2.53. The van der Waals surface area contributed by atoms with E-state index in [4.69, 9.17) is 4.74 Å². The number of amides is 3. The summed E-state index contributed by atoms with van der Waals surface area (Å²) in [7, 11) is 2.04. The third kappa shape index (κ3) is 5.88. The number of aliphatic hydroxyl groups is 1. The fraction of sp³-hybridized carbons (Fsp3) is 0.600. The zero-order chi connectivity index (χ0) is 20.8. The standard InChI is InChI=1S/C20H29FN4O4/c1-24-8-10-25(11-9-24)19(27)12-14-6-7-17(18(13-26)29-14)23-20(28)22-16-5-3-2-4-15(16)21/h2-5,14,17-18,26H,6-13H2,1H3,(H2,22,23,28)/t14-,17-,18-/m1/s1. The summed E-state index contributed by atoms with van der Waals surface area (Å²) in [6.07, 6.45) is 0.540. The number of urea groups is 1. The number of carbonyl (C=O) groups excluding carboxylic acids is 2. The highest BCUT2D eigenvalue weighted by atomic mass is 19.1. The molecule has 0 bridgehead atoms. The molecule has 2 heterocycles. The largest absolute Gasteiger partial charge is 0.394 e. The Bertz CT molecular complexity index is 711. The molecule has 8 nitrogen and oxygen atoms in total. The van der Waals surface area contributed by atoms with E-state index in [1.54, 1.807) is 12.1 Å². The Morgan fingerprint density at radius 2 is 1.93 bits per heavy atom. The van der Waals surface area contributed by atoms with Crippen molar-refractivity contribution in [2.45, 2.75) is 37.5 Å². The van der Waals surface area contributed by atoms with Crippen LogP contribution in [0.25, 0.3) is 0 Å². The summed E-state index contributed by atoms with van der Waals surface area (Å²) >= 11 is 0. The van der Waals surface area contributed by atoms with Gasteiger partial charge in [0.15, 0.2) is 0 Å². The number of aliphatic hydroxyl groups excluding tert-OH is 1. The van der Waals surface area contributed by atoms with Gasteiger partial charge in [0.05, 0.1) is 30.9 Å². The highest BCUT2D eigenvalue weighted by molar-refractivity contribution is 5.89. The van der Waals surface area contributed by atoms with Gasteiger partial charge in [0.25, 0.3) is 0 Å². The first-order valence-corrected chi connectivity index (χ1v) is 10.0. The molecule has 3 rings (SSSR count). The highest BCUT2D eigenvalue weighted by Gasteiger charge is 2.34. The monoisotopic (exact) mass is 408 g/mol. The summed E-state index contributed by atoms with van der Waals surface area (Å²) in [4.78, 5) is 28.7. The Kier molecular flexibility index (Phi) is 7.40. The molecule has 9 heteroatoms. The van der Waals surface area contributed by atoms with E-state index in [-0.39, 0.29) is 30.7 Å².